The molecule has 0 fully saturated rings. The highest BCUT2D eigenvalue weighted by Crippen LogP contribution is 2.11. The summed E-state index contributed by atoms with van der Waals surface area (Å²) < 4.78 is 26.2. The lowest BCUT2D eigenvalue weighted by Crippen LogP contribution is -2.05. The molecule has 0 saturated heterocycles. The summed E-state index contributed by atoms with van der Waals surface area (Å²) in [6.07, 6.45) is 2.86. The first-order valence-electron chi connectivity index (χ1n) is 4.90. The van der Waals surface area contributed by atoms with Gasteiger partial charge in [-0.2, -0.15) is 0 Å². The van der Waals surface area contributed by atoms with Crippen LogP contribution in [0.5, 0.6) is 0 Å². The Morgan fingerprint density at radius 3 is 2.59 bits per heavy atom. The molecule has 0 aliphatic heterocycles. The highest BCUT2D eigenvalue weighted by Gasteiger charge is 2.04. The van der Waals surface area contributed by atoms with Gasteiger partial charge in [-0.05, 0) is 18.2 Å². The van der Waals surface area contributed by atoms with Gasteiger partial charge in [0.25, 0.3) is 0 Å². The number of nitrogens with two attached hydrogens (primary N) is 1. The van der Waals surface area contributed by atoms with Crippen LogP contribution in [0.4, 0.5) is 20.4 Å². The highest BCUT2D eigenvalue weighted by atomic mass is 19.1. The molecule has 0 atom stereocenters. The molecule has 1 aromatic carbocycles. The van der Waals surface area contributed by atoms with Crippen LogP contribution in [0.15, 0.2) is 30.6 Å². The SMILES string of the molecule is Nc1cnc(NCc2cc(F)ccc2F)nc1. The van der Waals surface area contributed by atoms with Crippen molar-refractivity contribution in [2.45, 2.75) is 6.54 Å². The fourth-order valence-electron chi connectivity index (χ4n) is 1.28. The molecule has 0 bridgehead atoms. The third-order valence-corrected chi connectivity index (χ3v) is 2.12. The molecule has 88 valence electrons. The molecule has 0 unspecified atom stereocenters. The van der Waals surface area contributed by atoms with Gasteiger partial charge in [0.1, 0.15) is 11.6 Å². The summed E-state index contributed by atoms with van der Waals surface area (Å²) in [6, 6.07) is 3.27. The van der Waals surface area contributed by atoms with E-state index in [-0.39, 0.29) is 12.1 Å². The number of rotatable bonds is 3. The molecule has 0 aliphatic carbocycles. The van der Waals surface area contributed by atoms with Crippen molar-refractivity contribution in [2.75, 3.05) is 11.1 Å². The molecule has 17 heavy (non-hydrogen) atoms. The van der Waals surface area contributed by atoms with E-state index in [2.05, 4.69) is 15.3 Å². The van der Waals surface area contributed by atoms with Crippen LogP contribution in [0.25, 0.3) is 0 Å². The number of nitrogens with one attached hydrogen (secondary N) is 1. The minimum Gasteiger partial charge on any atom is -0.396 e. The normalized spacial score (nSPS) is 10.2. The third kappa shape index (κ3) is 2.87. The van der Waals surface area contributed by atoms with Crippen molar-refractivity contribution in [3.8, 4) is 0 Å². The lowest BCUT2D eigenvalue weighted by molar-refractivity contribution is 0.587. The minimum absolute atomic E-state index is 0.105. The zero-order chi connectivity index (χ0) is 12.3. The molecular weight excluding hydrogens is 226 g/mol. The van der Waals surface area contributed by atoms with E-state index < -0.39 is 11.6 Å². The number of anilines is 2. The molecule has 0 amide bonds. The van der Waals surface area contributed by atoms with Gasteiger partial charge in [0, 0.05) is 12.1 Å². The zero-order valence-electron chi connectivity index (χ0n) is 8.82. The van der Waals surface area contributed by atoms with Crippen molar-refractivity contribution in [1.29, 1.82) is 0 Å². The number of nitrogens with zero attached hydrogens (tertiary/aromatic N) is 2. The molecule has 0 spiro atoms. The van der Waals surface area contributed by atoms with E-state index >= 15 is 0 Å². The highest BCUT2D eigenvalue weighted by molar-refractivity contribution is 5.36. The molecular formula is C11H10F2N4. The van der Waals surface area contributed by atoms with Crippen molar-refractivity contribution in [3.63, 3.8) is 0 Å². The van der Waals surface area contributed by atoms with Crippen LogP contribution in [0.2, 0.25) is 0 Å². The molecule has 0 saturated carbocycles. The van der Waals surface area contributed by atoms with Gasteiger partial charge >= 0.3 is 0 Å². The molecule has 2 aromatic rings. The summed E-state index contributed by atoms with van der Waals surface area (Å²) in [7, 11) is 0. The Labute approximate surface area is 96.5 Å². The molecule has 0 radical (unpaired) electrons. The van der Waals surface area contributed by atoms with Crippen LogP contribution in [-0.4, -0.2) is 9.97 Å². The van der Waals surface area contributed by atoms with Crippen LogP contribution < -0.4 is 11.1 Å². The Balaban J connectivity index is 2.07. The lowest BCUT2D eigenvalue weighted by atomic mass is 10.2. The molecule has 0 aliphatic rings. The molecule has 2 rings (SSSR count). The maximum absolute atomic E-state index is 13.3. The summed E-state index contributed by atoms with van der Waals surface area (Å²) in [5.41, 5.74) is 6.07. The Bertz CT molecular complexity index is 513. The molecule has 3 N–H and O–H groups in total. The average Bonchev–Trinajstić information content (AvgIpc) is 2.32. The lowest BCUT2D eigenvalue weighted by Gasteiger charge is -2.05. The van der Waals surface area contributed by atoms with Crippen LogP contribution in [0.3, 0.4) is 0 Å². The van der Waals surface area contributed by atoms with Crippen molar-refractivity contribution in [2.24, 2.45) is 0 Å². The first-order chi connectivity index (χ1) is 8.15. The monoisotopic (exact) mass is 236 g/mol. The van der Waals surface area contributed by atoms with Gasteiger partial charge in [-0.1, -0.05) is 0 Å². The number of benzene rings is 1. The van der Waals surface area contributed by atoms with E-state index in [1.165, 1.54) is 12.4 Å². The standard InChI is InChI=1S/C11H10F2N4/c12-8-1-2-10(13)7(3-8)4-15-11-16-5-9(14)6-17-11/h1-3,5-6H,4,14H2,(H,15,16,17). The fourth-order valence-corrected chi connectivity index (χ4v) is 1.28. The Morgan fingerprint density at radius 2 is 1.88 bits per heavy atom. The van der Waals surface area contributed by atoms with Gasteiger partial charge in [0.05, 0.1) is 18.1 Å². The summed E-state index contributed by atoms with van der Waals surface area (Å²) in [4.78, 5) is 7.76. The van der Waals surface area contributed by atoms with Crippen LogP contribution in [0.1, 0.15) is 5.56 Å². The van der Waals surface area contributed by atoms with Gasteiger partial charge < -0.3 is 11.1 Å². The van der Waals surface area contributed by atoms with Crippen LogP contribution in [-0.2, 0) is 6.54 Å². The largest absolute Gasteiger partial charge is 0.396 e. The second kappa shape index (κ2) is 4.73. The van der Waals surface area contributed by atoms with Crippen LogP contribution in [0, 0.1) is 11.6 Å². The molecule has 1 aromatic heterocycles. The number of nitrogen functional groups attached to an aromatic ring is 1. The smallest absolute Gasteiger partial charge is 0.222 e. The number of hydrogen-bond donors (Lipinski definition) is 2. The second-order valence-electron chi connectivity index (χ2n) is 3.43. The average molecular weight is 236 g/mol. The third-order valence-electron chi connectivity index (χ3n) is 2.12. The van der Waals surface area contributed by atoms with Gasteiger partial charge in [0.2, 0.25) is 5.95 Å². The van der Waals surface area contributed by atoms with Crippen molar-refractivity contribution in [3.05, 3.63) is 47.8 Å². The van der Waals surface area contributed by atoms with E-state index in [4.69, 9.17) is 5.73 Å². The van der Waals surface area contributed by atoms with Crippen molar-refractivity contribution < 1.29 is 8.78 Å². The van der Waals surface area contributed by atoms with E-state index in [0.717, 1.165) is 18.2 Å². The summed E-state index contributed by atoms with van der Waals surface area (Å²) in [6.45, 7) is 0.105. The summed E-state index contributed by atoms with van der Waals surface area (Å²) in [5.74, 6) is -0.654. The fraction of sp³-hybridized carbons (Fsp3) is 0.0909. The Kier molecular flexibility index (Phi) is 3.13. The number of halogens is 2. The number of hydrogen-bond acceptors (Lipinski definition) is 4. The van der Waals surface area contributed by atoms with E-state index in [1.807, 2.05) is 0 Å². The Morgan fingerprint density at radius 1 is 1.18 bits per heavy atom. The minimum atomic E-state index is -0.485. The number of aromatic nitrogens is 2. The van der Waals surface area contributed by atoms with E-state index in [9.17, 15) is 8.78 Å². The molecule has 4 nitrogen and oxygen atoms in total. The summed E-state index contributed by atoms with van der Waals surface area (Å²) >= 11 is 0. The molecule has 6 heteroatoms. The van der Waals surface area contributed by atoms with E-state index in [0.29, 0.717) is 11.6 Å². The van der Waals surface area contributed by atoms with E-state index in [1.54, 1.807) is 0 Å². The predicted octanol–water partition coefficient (Wildman–Crippen LogP) is 1.95. The predicted molar refractivity (Wildman–Crippen MR) is 60.1 cm³/mol. The van der Waals surface area contributed by atoms with Crippen molar-refractivity contribution >= 4 is 11.6 Å². The van der Waals surface area contributed by atoms with Crippen LogP contribution >= 0.6 is 0 Å². The summed E-state index contributed by atoms with van der Waals surface area (Å²) in [5, 5.41) is 2.77. The maximum atomic E-state index is 13.3. The van der Waals surface area contributed by atoms with Gasteiger partial charge in [0.15, 0.2) is 0 Å². The van der Waals surface area contributed by atoms with Gasteiger partial charge in [-0.15, -0.1) is 0 Å². The molecule has 1 heterocycles. The first-order valence-corrected chi connectivity index (χ1v) is 4.90. The first kappa shape index (κ1) is 11.3. The zero-order valence-corrected chi connectivity index (χ0v) is 8.82. The van der Waals surface area contributed by atoms with Crippen molar-refractivity contribution in [1.82, 2.24) is 9.97 Å². The van der Waals surface area contributed by atoms with Gasteiger partial charge in [-0.3, -0.25) is 0 Å². The topological polar surface area (TPSA) is 63.8 Å². The second-order valence-corrected chi connectivity index (χ2v) is 3.43. The van der Waals surface area contributed by atoms with Gasteiger partial charge in [-0.25, -0.2) is 18.7 Å². The Hall–Kier alpha value is -2.24. The maximum Gasteiger partial charge on any atom is 0.222 e. The quantitative estimate of drug-likeness (QED) is 0.854.